The topological polar surface area (TPSA) is 283 Å². The summed E-state index contributed by atoms with van der Waals surface area (Å²) in [7, 11) is 0. The Morgan fingerprint density at radius 1 is 0.556 bits per heavy atom. The molecule has 0 radical (unpaired) electrons. The minimum Gasteiger partial charge on any atom is -0.463 e. The molecule has 2 saturated heterocycles. The van der Waals surface area contributed by atoms with E-state index in [4.69, 9.17) is 42.6 Å². The molecule has 2 fully saturated rings. The van der Waals surface area contributed by atoms with Crippen LogP contribution in [0, 0.1) is 0 Å². The standard InChI is InChI=1S/C24H32N6O15/c1-9(31)37-7-15-19(39-11(3)33)21(41-13(5)35)17(27-29-25)24(44-15)45-22-18(28-30-26)23(42-14(6)36)43-16(8-38-10(2)32)20(22)40-12(4)34/h15-24H,7-8H2,1-6H3/t15-,16-,17-,18-,19+,20+,21-,22-,23-,24-/m1/s1. The zero-order chi connectivity index (χ0) is 33.8. The van der Waals surface area contributed by atoms with Crippen molar-refractivity contribution in [1.29, 1.82) is 0 Å². The fourth-order valence-corrected chi connectivity index (χ4v) is 4.49. The summed E-state index contributed by atoms with van der Waals surface area (Å²) < 4.78 is 49.0. The van der Waals surface area contributed by atoms with Crippen molar-refractivity contribution >= 4 is 35.8 Å². The van der Waals surface area contributed by atoms with Crippen LogP contribution in [0.5, 0.6) is 0 Å². The Labute approximate surface area is 254 Å². The first-order valence-corrected chi connectivity index (χ1v) is 13.2. The van der Waals surface area contributed by atoms with Crippen molar-refractivity contribution < 1.29 is 71.4 Å². The largest absolute Gasteiger partial charge is 0.463 e. The first-order chi connectivity index (χ1) is 21.2. The maximum atomic E-state index is 12.2. The highest BCUT2D eigenvalue weighted by Crippen LogP contribution is 2.35. The fourth-order valence-electron chi connectivity index (χ4n) is 4.49. The van der Waals surface area contributed by atoms with Crippen molar-refractivity contribution in [3.05, 3.63) is 20.9 Å². The van der Waals surface area contributed by atoms with E-state index < -0.39 is 110 Å². The number of hydrogen-bond donors (Lipinski definition) is 0. The van der Waals surface area contributed by atoms with Gasteiger partial charge in [0.2, 0.25) is 6.29 Å². The van der Waals surface area contributed by atoms with Gasteiger partial charge in [0.15, 0.2) is 24.6 Å². The molecule has 2 heterocycles. The van der Waals surface area contributed by atoms with Crippen LogP contribution < -0.4 is 0 Å². The molecule has 0 saturated carbocycles. The summed E-state index contributed by atoms with van der Waals surface area (Å²) >= 11 is 0. The Morgan fingerprint density at radius 3 is 1.33 bits per heavy atom. The minimum absolute atomic E-state index is 0.571. The van der Waals surface area contributed by atoms with Gasteiger partial charge in [-0.15, -0.1) is 0 Å². The Balaban J connectivity index is 2.71. The lowest BCUT2D eigenvalue weighted by molar-refractivity contribution is -0.322. The molecule has 0 amide bonds. The third-order valence-electron chi connectivity index (χ3n) is 5.98. The van der Waals surface area contributed by atoms with Gasteiger partial charge in [-0.25, -0.2) is 0 Å². The second-order valence-electron chi connectivity index (χ2n) is 9.51. The lowest BCUT2D eigenvalue weighted by atomic mass is 9.94. The molecule has 2 aliphatic heterocycles. The lowest BCUT2D eigenvalue weighted by Crippen LogP contribution is -2.65. The van der Waals surface area contributed by atoms with Gasteiger partial charge >= 0.3 is 35.8 Å². The summed E-state index contributed by atoms with van der Waals surface area (Å²) in [6, 6.07) is -3.28. The highest BCUT2D eigenvalue weighted by atomic mass is 16.7. The van der Waals surface area contributed by atoms with E-state index in [1.165, 1.54) is 0 Å². The predicted molar refractivity (Wildman–Crippen MR) is 140 cm³/mol. The molecule has 0 aliphatic carbocycles. The van der Waals surface area contributed by atoms with Crippen LogP contribution in [-0.4, -0.2) is 110 Å². The zero-order valence-corrected chi connectivity index (χ0v) is 25.0. The van der Waals surface area contributed by atoms with Gasteiger partial charge in [-0.1, -0.05) is 10.2 Å². The van der Waals surface area contributed by atoms with E-state index >= 15 is 0 Å². The lowest BCUT2D eigenvalue weighted by Gasteiger charge is -2.48. The highest BCUT2D eigenvalue weighted by molar-refractivity contribution is 5.68. The summed E-state index contributed by atoms with van der Waals surface area (Å²) in [5, 5.41) is 7.21. The summed E-state index contributed by atoms with van der Waals surface area (Å²) in [5.74, 6) is -5.09. The number of hydrogen-bond acceptors (Lipinski definition) is 17. The van der Waals surface area contributed by atoms with E-state index in [0.29, 0.717) is 0 Å². The normalized spacial score (nSPS) is 30.6. The maximum absolute atomic E-state index is 12.2. The van der Waals surface area contributed by atoms with Crippen LogP contribution in [0.1, 0.15) is 41.5 Å². The number of esters is 6. The molecule has 2 rings (SSSR count). The summed E-state index contributed by atoms with van der Waals surface area (Å²) in [5.41, 5.74) is 18.7. The molecule has 0 bridgehead atoms. The second kappa shape index (κ2) is 17.0. The molecule has 10 atom stereocenters. The molecule has 0 spiro atoms. The van der Waals surface area contributed by atoms with Crippen molar-refractivity contribution in [1.82, 2.24) is 0 Å². The molecular formula is C24H32N6O15. The van der Waals surface area contributed by atoms with Gasteiger partial charge in [0.05, 0.1) is 0 Å². The number of nitrogens with zero attached hydrogens (tertiary/aromatic N) is 6. The molecule has 0 aromatic carbocycles. The quantitative estimate of drug-likeness (QED) is 0.0927. The average Bonchev–Trinajstić information content (AvgIpc) is 2.91. The van der Waals surface area contributed by atoms with Crippen LogP contribution in [0.4, 0.5) is 0 Å². The van der Waals surface area contributed by atoms with Crippen LogP contribution in [0.3, 0.4) is 0 Å². The summed E-state index contributed by atoms with van der Waals surface area (Å²) in [6.45, 7) is 5.11. The maximum Gasteiger partial charge on any atom is 0.304 e. The number of ether oxygens (including phenoxy) is 9. The van der Waals surface area contributed by atoms with Gasteiger partial charge in [-0.05, 0) is 11.1 Å². The summed E-state index contributed by atoms with van der Waals surface area (Å²) in [6.07, 6.45) is -12.6. The monoisotopic (exact) mass is 644 g/mol. The van der Waals surface area contributed by atoms with Crippen molar-refractivity contribution in [2.45, 2.75) is 103 Å². The van der Waals surface area contributed by atoms with Crippen molar-refractivity contribution in [2.75, 3.05) is 13.2 Å². The van der Waals surface area contributed by atoms with Crippen LogP contribution >= 0.6 is 0 Å². The molecule has 0 aromatic heterocycles. The van der Waals surface area contributed by atoms with Crippen LogP contribution in [0.2, 0.25) is 0 Å². The number of carbonyl (C=O) groups is 6. The molecule has 21 heteroatoms. The number of carbonyl (C=O) groups excluding carboxylic acids is 6. The number of rotatable bonds is 12. The van der Waals surface area contributed by atoms with Gasteiger partial charge in [-0.3, -0.25) is 28.8 Å². The van der Waals surface area contributed by atoms with E-state index in [1.54, 1.807) is 0 Å². The SMILES string of the molecule is CC(=O)OC[C@H]1O[C@H](O[C@@H]2[C@@H](N=[N+]=[N-])[C@H](OC(C)=O)O[C@H](COC(C)=O)[C@@H]2OC(C)=O)[C@H](N=[N+]=[N-])[C@@H](OC(C)=O)[C@H]1OC(C)=O. The van der Waals surface area contributed by atoms with E-state index in [2.05, 4.69) is 20.1 Å². The summed E-state index contributed by atoms with van der Waals surface area (Å²) in [4.78, 5) is 76.8. The van der Waals surface area contributed by atoms with E-state index in [9.17, 15) is 39.8 Å². The molecular weight excluding hydrogens is 612 g/mol. The van der Waals surface area contributed by atoms with Crippen LogP contribution in [0.25, 0.3) is 20.9 Å². The first-order valence-electron chi connectivity index (χ1n) is 13.2. The Bertz CT molecular complexity index is 1240. The molecule has 0 aromatic rings. The predicted octanol–water partition coefficient (Wildman–Crippen LogP) is 0.664. The Morgan fingerprint density at radius 2 is 0.933 bits per heavy atom. The van der Waals surface area contributed by atoms with Crippen LogP contribution in [-0.2, 0) is 71.4 Å². The second-order valence-corrected chi connectivity index (χ2v) is 9.51. The van der Waals surface area contributed by atoms with E-state index in [0.717, 1.165) is 41.5 Å². The third kappa shape index (κ3) is 10.8. The molecule has 0 N–H and O–H groups in total. The minimum atomic E-state index is -1.80. The molecule has 21 nitrogen and oxygen atoms in total. The van der Waals surface area contributed by atoms with Gasteiger partial charge in [-0.2, -0.15) is 0 Å². The Hall–Kier alpha value is -4.68. The van der Waals surface area contributed by atoms with Crippen LogP contribution in [0.15, 0.2) is 10.2 Å². The van der Waals surface area contributed by atoms with E-state index in [-0.39, 0.29) is 0 Å². The van der Waals surface area contributed by atoms with Gasteiger partial charge in [0.25, 0.3) is 0 Å². The molecule has 2 aliphatic rings. The molecule has 0 unspecified atom stereocenters. The highest BCUT2D eigenvalue weighted by Gasteiger charge is 2.56. The van der Waals surface area contributed by atoms with Gasteiger partial charge in [0, 0.05) is 51.4 Å². The smallest absolute Gasteiger partial charge is 0.304 e. The van der Waals surface area contributed by atoms with Crippen molar-refractivity contribution in [2.24, 2.45) is 10.2 Å². The molecule has 248 valence electrons. The zero-order valence-electron chi connectivity index (χ0n) is 25.0. The first kappa shape index (κ1) is 36.5. The van der Waals surface area contributed by atoms with E-state index in [1.807, 2.05) is 0 Å². The molecule has 45 heavy (non-hydrogen) atoms. The van der Waals surface area contributed by atoms with Crippen molar-refractivity contribution in [3.63, 3.8) is 0 Å². The third-order valence-corrected chi connectivity index (χ3v) is 5.98. The van der Waals surface area contributed by atoms with Gasteiger partial charge in [0.1, 0.15) is 43.6 Å². The fraction of sp³-hybridized carbons (Fsp3) is 0.750. The average molecular weight is 645 g/mol. The van der Waals surface area contributed by atoms with Gasteiger partial charge < -0.3 is 42.6 Å². The Kier molecular flexibility index (Phi) is 13.8. The number of azide groups is 2. The van der Waals surface area contributed by atoms with Crippen molar-refractivity contribution in [3.8, 4) is 0 Å².